The van der Waals surface area contributed by atoms with Gasteiger partial charge in [0.2, 0.25) is 5.91 Å². The molecular weight excluding hydrogens is 318 g/mol. The molecule has 2 rings (SSSR count). The van der Waals surface area contributed by atoms with Crippen molar-refractivity contribution in [3.05, 3.63) is 58.8 Å². The lowest BCUT2D eigenvalue weighted by atomic mass is 10.1. The van der Waals surface area contributed by atoms with Crippen LogP contribution >= 0.6 is 15.9 Å². The number of para-hydroxylation sites is 1. The van der Waals surface area contributed by atoms with Crippen LogP contribution in [0.2, 0.25) is 0 Å². The van der Waals surface area contributed by atoms with E-state index in [-0.39, 0.29) is 18.5 Å². The normalized spacial score (nSPS) is 11.9. The number of hydrogen-bond acceptors (Lipinski definition) is 3. The fourth-order valence-electron chi connectivity index (χ4n) is 1.75. The fraction of sp³-hybridized carbons (Fsp3) is 0.200. The number of amides is 1. The van der Waals surface area contributed by atoms with Crippen LogP contribution in [0.25, 0.3) is 0 Å². The lowest BCUT2D eigenvalue weighted by molar-refractivity contribution is -0.115. The molecule has 5 heteroatoms. The van der Waals surface area contributed by atoms with Gasteiger partial charge >= 0.3 is 0 Å². The smallest absolute Gasteiger partial charge is 0.238 e. The Hall–Kier alpha value is -1.72. The van der Waals surface area contributed by atoms with E-state index in [1.54, 1.807) is 12.4 Å². The quantitative estimate of drug-likeness (QED) is 0.883. The van der Waals surface area contributed by atoms with Crippen molar-refractivity contribution in [1.29, 1.82) is 0 Å². The largest absolute Gasteiger partial charge is 0.324 e. The molecule has 1 aromatic carbocycles. The predicted molar refractivity (Wildman–Crippen MR) is 83.4 cm³/mol. The highest BCUT2D eigenvalue weighted by Crippen LogP contribution is 2.20. The van der Waals surface area contributed by atoms with Crippen molar-refractivity contribution in [3.8, 4) is 0 Å². The molecule has 1 amide bonds. The van der Waals surface area contributed by atoms with Gasteiger partial charge in [-0.3, -0.25) is 9.78 Å². The van der Waals surface area contributed by atoms with Crippen LogP contribution < -0.4 is 10.6 Å². The summed E-state index contributed by atoms with van der Waals surface area (Å²) in [5.74, 6) is -0.0763. The molecule has 1 heterocycles. The zero-order chi connectivity index (χ0) is 14.4. The van der Waals surface area contributed by atoms with Gasteiger partial charge in [0.25, 0.3) is 0 Å². The molecule has 4 nitrogen and oxygen atoms in total. The minimum Gasteiger partial charge on any atom is -0.324 e. The van der Waals surface area contributed by atoms with Crippen LogP contribution in [0.4, 0.5) is 5.69 Å². The Kier molecular flexibility index (Phi) is 5.26. The van der Waals surface area contributed by atoms with E-state index in [0.717, 1.165) is 15.7 Å². The van der Waals surface area contributed by atoms with E-state index in [1.165, 1.54) is 0 Å². The van der Waals surface area contributed by atoms with Crippen molar-refractivity contribution in [3.63, 3.8) is 0 Å². The van der Waals surface area contributed by atoms with Crippen molar-refractivity contribution in [2.24, 2.45) is 0 Å². The number of nitrogens with one attached hydrogen (secondary N) is 2. The summed E-state index contributed by atoms with van der Waals surface area (Å²) < 4.78 is 0.869. The first-order chi connectivity index (χ1) is 9.66. The van der Waals surface area contributed by atoms with Gasteiger partial charge in [0.15, 0.2) is 0 Å². The molecule has 0 saturated heterocycles. The molecule has 0 aliphatic rings. The maximum absolute atomic E-state index is 11.9. The van der Waals surface area contributed by atoms with E-state index in [0.29, 0.717) is 0 Å². The lowest BCUT2D eigenvalue weighted by Gasteiger charge is -2.14. The van der Waals surface area contributed by atoms with E-state index in [2.05, 4.69) is 31.5 Å². The van der Waals surface area contributed by atoms with Gasteiger partial charge in [0, 0.05) is 22.9 Å². The van der Waals surface area contributed by atoms with Crippen molar-refractivity contribution in [1.82, 2.24) is 10.3 Å². The number of aromatic nitrogens is 1. The van der Waals surface area contributed by atoms with Gasteiger partial charge in [-0.1, -0.05) is 18.2 Å². The van der Waals surface area contributed by atoms with Crippen LogP contribution in [0.5, 0.6) is 0 Å². The minimum atomic E-state index is -0.0763. The summed E-state index contributed by atoms with van der Waals surface area (Å²) in [5.41, 5.74) is 1.83. The SMILES string of the molecule is CC(NCC(=O)Nc1ccccc1Br)c1cccnc1. The average Bonchev–Trinajstić information content (AvgIpc) is 2.48. The standard InChI is InChI=1S/C15H16BrN3O/c1-11(12-5-4-8-17-9-12)18-10-15(20)19-14-7-3-2-6-13(14)16/h2-9,11,18H,10H2,1H3,(H,19,20). The van der Waals surface area contributed by atoms with Crippen LogP contribution in [0, 0.1) is 0 Å². The number of rotatable bonds is 5. The number of benzene rings is 1. The highest BCUT2D eigenvalue weighted by Gasteiger charge is 2.08. The highest BCUT2D eigenvalue weighted by atomic mass is 79.9. The topological polar surface area (TPSA) is 54.0 Å². The first-order valence-corrected chi connectivity index (χ1v) is 7.14. The van der Waals surface area contributed by atoms with Gasteiger partial charge in [-0.15, -0.1) is 0 Å². The number of anilines is 1. The van der Waals surface area contributed by atoms with E-state index in [4.69, 9.17) is 0 Å². The Morgan fingerprint density at radius 2 is 2.10 bits per heavy atom. The molecule has 2 aromatic rings. The molecule has 0 bridgehead atoms. The Morgan fingerprint density at radius 3 is 2.80 bits per heavy atom. The molecule has 0 saturated carbocycles. The Bertz CT molecular complexity index is 574. The van der Waals surface area contributed by atoms with Crippen LogP contribution in [0.15, 0.2) is 53.3 Å². The summed E-state index contributed by atoms with van der Waals surface area (Å²) in [7, 11) is 0. The number of halogens is 1. The highest BCUT2D eigenvalue weighted by molar-refractivity contribution is 9.10. The molecule has 0 spiro atoms. The number of carbonyl (C=O) groups excluding carboxylic acids is 1. The van der Waals surface area contributed by atoms with E-state index >= 15 is 0 Å². The summed E-state index contributed by atoms with van der Waals surface area (Å²) in [6.45, 7) is 2.25. The van der Waals surface area contributed by atoms with Gasteiger partial charge < -0.3 is 10.6 Å². The summed E-state index contributed by atoms with van der Waals surface area (Å²) >= 11 is 3.40. The summed E-state index contributed by atoms with van der Waals surface area (Å²) in [6, 6.07) is 11.5. The molecule has 2 N–H and O–H groups in total. The third-order valence-corrected chi connectivity index (χ3v) is 3.59. The molecule has 0 aliphatic heterocycles. The van der Waals surface area contributed by atoms with Gasteiger partial charge in [-0.2, -0.15) is 0 Å². The molecule has 0 radical (unpaired) electrons. The summed E-state index contributed by atoms with van der Waals surface area (Å²) in [5, 5.41) is 6.02. The Morgan fingerprint density at radius 1 is 1.30 bits per heavy atom. The maximum atomic E-state index is 11.9. The maximum Gasteiger partial charge on any atom is 0.238 e. The molecule has 1 atom stereocenters. The first kappa shape index (κ1) is 14.7. The molecule has 0 fully saturated rings. The monoisotopic (exact) mass is 333 g/mol. The second-order valence-corrected chi connectivity index (χ2v) is 5.27. The predicted octanol–water partition coefficient (Wildman–Crippen LogP) is 3.13. The van der Waals surface area contributed by atoms with E-state index in [9.17, 15) is 4.79 Å². The zero-order valence-corrected chi connectivity index (χ0v) is 12.7. The van der Waals surface area contributed by atoms with E-state index < -0.39 is 0 Å². The third-order valence-electron chi connectivity index (χ3n) is 2.90. The van der Waals surface area contributed by atoms with Gasteiger partial charge in [-0.25, -0.2) is 0 Å². The van der Waals surface area contributed by atoms with Crippen molar-refractivity contribution in [2.45, 2.75) is 13.0 Å². The first-order valence-electron chi connectivity index (χ1n) is 6.34. The Labute approximate surface area is 126 Å². The van der Waals surface area contributed by atoms with Gasteiger partial charge in [0.05, 0.1) is 12.2 Å². The van der Waals surface area contributed by atoms with Gasteiger partial charge in [-0.05, 0) is 46.6 Å². The van der Waals surface area contributed by atoms with Crippen molar-refractivity contribution < 1.29 is 4.79 Å². The van der Waals surface area contributed by atoms with Crippen molar-refractivity contribution >= 4 is 27.5 Å². The van der Waals surface area contributed by atoms with Crippen LogP contribution in [-0.4, -0.2) is 17.4 Å². The molecule has 0 aliphatic carbocycles. The second-order valence-electron chi connectivity index (χ2n) is 4.42. The molecular formula is C15H16BrN3O. The zero-order valence-electron chi connectivity index (χ0n) is 11.1. The molecule has 20 heavy (non-hydrogen) atoms. The number of carbonyl (C=O) groups is 1. The lowest BCUT2D eigenvalue weighted by Crippen LogP contribution is -2.30. The van der Waals surface area contributed by atoms with Crippen LogP contribution in [-0.2, 0) is 4.79 Å². The molecule has 1 unspecified atom stereocenters. The number of hydrogen-bond donors (Lipinski definition) is 2. The number of pyridine rings is 1. The van der Waals surface area contributed by atoms with Gasteiger partial charge in [0.1, 0.15) is 0 Å². The third kappa shape index (κ3) is 4.15. The van der Waals surface area contributed by atoms with E-state index in [1.807, 2.05) is 43.3 Å². The minimum absolute atomic E-state index is 0.0763. The summed E-state index contributed by atoms with van der Waals surface area (Å²) in [4.78, 5) is 16.0. The molecule has 1 aromatic heterocycles. The average molecular weight is 334 g/mol. The molecule has 104 valence electrons. The fourth-order valence-corrected chi connectivity index (χ4v) is 2.14. The number of nitrogens with zero attached hydrogens (tertiary/aromatic N) is 1. The van der Waals surface area contributed by atoms with Crippen LogP contribution in [0.3, 0.4) is 0 Å². The van der Waals surface area contributed by atoms with Crippen LogP contribution in [0.1, 0.15) is 18.5 Å². The van der Waals surface area contributed by atoms with Crippen molar-refractivity contribution in [2.75, 3.05) is 11.9 Å². The Balaban J connectivity index is 1.85. The summed E-state index contributed by atoms with van der Waals surface area (Å²) in [6.07, 6.45) is 3.53. The second kappa shape index (κ2) is 7.17.